The van der Waals surface area contributed by atoms with Gasteiger partial charge in [-0.2, -0.15) is 0 Å². The summed E-state index contributed by atoms with van der Waals surface area (Å²) in [5.41, 5.74) is 2.68. The van der Waals surface area contributed by atoms with E-state index in [2.05, 4.69) is 10.0 Å². The van der Waals surface area contributed by atoms with Crippen molar-refractivity contribution in [1.29, 1.82) is 0 Å². The summed E-state index contributed by atoms with van der Waals surface area (Å²) in [7, 11) is -3.80. The standard InChI is InChI=1S/C21H19N3O5S/c1-14-4-3-5-15(2)20(14)23-30(28,29)19-12-8-17(9-13-19)22-21(25)16-6-10-18(11-7-16)24(26)27/h3-13,23H,1-2H3,(H,22,25). The topological polar surface area (TPSA) is 118 Å². The predicted octanol–water partition coefficient (Wildman–Crippen LogP) is 4.26. The number of hydrogen-bond acceptors (Lipinski definition) is 5. The first-order chi connectivity index (χ1) is 14.2. The van der Waals surface area contributed by atoms with Gasteiger partial charge in [0, 0.05) is 23.4 Å². The van der Waals surface area contributed by atoms with Crippen LogP contribution in [0.2, 0.25) is 0 Å². The Labute approximate surface area is 173 Å². The lowest BCUT2D eigenvalue weighted by Gasteiger charge is -2.13. The van der Waals surface area contributed by atoms with E-state index in [1.54, 1.807) is 0 Å². The van der Waals surface area contributed by atoms with Crippen molar-refractivity contribution in [2.75, 3.05) is 10.0 Å². The van der Waals surface area contributed by atoms with Gasteiger partial charge in [-0.1, -0.05) is 18.2 Å². The number of benzene rings is 3. The predicted molar refractivity (Wildman–Crippen MR) is 114 cm³/mol. The van der Waals surface area contributed by atoms with Crippen LogP contribution in [-0.2, 0) is 10.0 Å². The Kier molecular flexibility index (Phi) is 5.84. The Bertz CT molecular complexity index is 1180. The van der Waals surface area contributed by atoms with Crippen molar-refractivity contribution in [3.63, 3.8) is 0 Å². The summed E-state index contributed by atoms with van der Waals surface area (Å²) < 4.78 is 28.0. The fourth-order valence-corrected chi connectivity index (χ4v) is 4.03. The van der Waals surface area contributed by atoms with Crippen LogP contribution in [0.1, 0.15) is 21.5 Å². The number of rotatable bonds is 6. The highest BCUT2D eigenvalue weighted by atomic mass is 32.2. The molecule has 1 amide bonds. The van der Waals surface area contributed by atoms with E-state index in [4.69, 9.17) is 0 Å². The van der Waals surface area contributed by atoms with Crippen LogP contribution in [0.3, 0.4) is 0 Å². The average molecular weight is 425 g/mol. The molecule has 154 valence electrons. The van der Waals surface area contributed by atoms with Crippen molar-refractivity contribution < 1.29 is 18.1 Å². The molecule has 0 unspecified atom stereocenters. The number of sulfonamides is 1. The number of nitrogens with zero attached hydrogens (tertiary/aromatic N) is 1. The number of nitro benzene ring substituents is 1. The van der Waals surface area contributed by atoms with Crippen LogP contribution in [0.25, 0.3) is 0 Å². The molecular formula is C21H19N3O5S. The third-order valence-electron chi connectivity index (χ3n) is 4.48. The van der Waals surface area contributed by atoms with E-state index in [0.29, 0.717) is 11.4 Å². The second-order valence-electron chi connectivity index (χ2n) is 6.65. The van der Waals surface area contributed by atoms with Crippen LogP contribution in [-0.4, -0.2) is 19.2 Å². The van der Waals surface area contributed by atoms with Crippen molar-refractivity contribution >= 4 is 33.0 Å². The minimum Gasteiger partial charge on any atom is -0.322 e. The zero-order valence-electron chi connectivity index (χ0n) is 16.2. The first-order valence-electron chi connectivity index (χ1n) is 8.92. The molecule has 30 heavy (non-hydrogen) atoms. The molecule has 0 spiro atoms. The summed E-state index contributed by atoms with van der Waals surface area (Å²) in [5.74, 6) is -0.464. The highest BCUT2D eigenvalue weighted by molar-refractivity contribution is 7.92. The minimum atomic E-state index is -3.80. The van der Waals surface area contributed by atoms with E-state index in [0.717, 1.165) is 11.1 Å². The smallest absolute Gasteiger partial charge is 0.269 e. The number of anilines is 2. The second kappa shape index (κ2) is 8.34. The lowest BCUT2D eigenvalue weighted by molar-refractivity contribution is -0.384. The van der Waals surface area contributed by atoms with Gasteiger partial charge in [-0.3, -0.25) is 19.6 Å². The molecule has 0 fully saturated rings. The first kappa shape index (κ1) is 21.0. The summed E-state index contributed by atoms with van der Waals surface area (Å²) in [4.78, 5) is 22.5. The normalized spacial score (nSPS) is 11.0. The van der Waals surface area contributed by atoms with Gasteiger partial charge < -0.3 is 5.32 Å². The molecule has 0 bridgehead atoms. The van der Waals surface area contributed by atoms with Gasteiger partial charge in [0.2, 0.25) is 0 Å². The van der Waals surface area contributed by atoms with E-state index in [1.165, 1.54) is 48.5 Å². The molecule has 2 N–H and O–H groups in total. The maximum Gasteiger partial charge on any atom is 0.269 e. The number of amides is 1. The molecule has 0 aliphatic heterocycles. The van der Waals surface area contributed by atoms with E-state index in [9.17, 15) is 23.3 Å². The molecule has 0 radical (unpaired) electrons. The minimum absolute atomic E-state index is 0.0542. The van der Waals surface area contributed by atoms with Gasteiger partial charge in [0.25, 0.3) is 21.6 Å². The zero-order valence-corrected chi connectivity index (χ0v) is 17.1. The highest BCUT2D eigenvalue weighted by Gasteiger charge is 2.17. The Hall–Kier alpha value is -3.72. The molecular weight excluding hydrogens is 406 g/mol. The number of nitro groups is 1. The largest absolute Gasteiger partial charge is 0.322 e. The average Bonchev–Trinajstić information content (AvgIpc) is 2.71. The summed E-state index contributed by atoms with van der Waals surface area (Å²) in [6.45, 7) is 3.64. The Morgan fingerprint density at radius 2 is 1.47 bits per heavy atom. The van der Waals surface area contributed by atoms with E-state index < -0.39 is 20.9 Å². The van der Waals surface area contributed by atoms with Gasteiger partial charge in [-0.05, 0) is 61.4 Å². The molecule has 3 aromatic rings. The number of hydrogen-bond donors (Lipinski definition) is 2. The molecule has 3 aromatic carbocycles. The summed E-state index contributed by atoms with van der Waals surface area (Å²) in [6.07, 6.45) is 0. The zero-order chi connectivity index (χ0) is 21.9. The Morgan fingerprint density at radius 3 is 2.00 bits per heavy atom. The summed E-state index contributed by atoms with van der Waals surface area (Å²) in [6, 6.07) is 16.4. The van der Waals surface area contributed by atoms with Crippen LogP contribution in [0.15, 0.2) is 71.6 Å². The van der Waals surface area contributed by atoms with Crippen LogP contribution < -0.4 is 10.0 Å². The maximum atomic E-state index is 12.7. The van der Waals surface area contributed by atoms with Gasteiger partial charge in [-0.15, -0.1) is 0 Å². The van der Waals surface area contributed by atoms with Crippen LogP contribution in [0.5, 0.6) is 0 Å². The van der Waals surface area contributed by atoms with Gasteiger partial charge >= 0.3 is 0 Å². The molecule has 9 heteroatoms. The number of nitrogens with one attached hydrogen (secondary N) is 2. The second-order valence-corrected chi connectivity index (χ2v) is 8.34. The molecule has 0 aromatic heterocycles. The van der Waals surface area contributed by atoms with Crippen LogP contribution in [0.4, 0.5) is 17.1 Å². The fraction of sp³-hybridized carbons (Fsp3) is 0.0952. The Morgan fingerprint density at radius 1 is 0.900 bits per heavy atom. The van der Waals surface area contributed by atoms with Crippen LogP contribution in [0, 0.1) is 24.0 Å². The van der Waals surface area contributed by atoms with Gasteiger partial charge in [0.15, 0.2) is 0 Å². The van der Waals surface area contributed by atoms with Gasteiger partial charge in [-0.25, -0.2) is 8.42 Å². The van der Waals surface area contributed by atoms with Gasteiger partial charge in [0.05, 0.1) is 15.5 Å². The SMILES string of the molecule is Cc1cccc(C)c1NS(=O)(=O)c1ccc(NC(=O)c2ccc([N+](=O)[O-])cc2)cc1. The molecule has 8 nitrogen and oxygen atoms in total. The third kappa shape index (κ3) is 4.64. The number of para-hydroxylation sites is 1. The lowest BCUT2D eigenvalue weighted by atomic mass is 10.1. The molecule has 0 aliphatic rings. The molecule has 0 heterocycles. The lowest BCUT2D eigenvalue weighted by Crippen LogP contribution is -2.15. The Balaban J connectivity index is 1.74. The van der Waals surface area contributed by atoms with E-state index >= 15 is 0 Å². The molecule has 0 saturated heterocycles. The number of aryl methyl sites for hydroxylation is 2. The molecule has 0 aliphatic carbocycles. The van der Waals surface area contributed by atoms with E-state index in [1.807, 2.05) is 32.0 Å². The molecule has 0 saturated carbocycles. The molecule has 0 atom stereocenters. The van der Waals surface area contributed by atoms with Crippen LogP contribution >= 0.6 is 0 Å². The van der Waals surface area contributed by atoms with Crippen molar-refractivity contribution in [2.24, 2.45) is 0 Å². The van der Waals surface area contributed by atoms with Gasteiger partial charge in [0.1, 0.15) is 0 Å². The highest BCUT2D eigenvalue weighted by Crippen LogP contribution is 2.24. The van der Waals surface area contributed by atoms with Crippen molar-refractivity contribution in [1.82, 2.24) is 0 Å². The summed E-state index contributed by atoms with van der Waals surface area (Å²) in [5, 5.41) is 13.3. The number of carbonyl (C=O) groups excluding carboxylic acids is 1. The van der Waals surface area contributed by atoms with Crippen molar-refractivity contribution in [2.45, 2.75) is 18.7 Å². The maximum absolute atomic E-state index is 12.7. The number of carbonyl (C=O) groups is 1. The fourth-order valence-electron chi connectivity index (χ4n) is 2.82. The van der Waals surface area contributed by atoms with E-state index in [-0.39, 0.29) is 16.1 Å². The van der Waals surface area contributed by atoms with Crippen molar-refractivity contribution in [3.05, 3.63) is 93.5 Å². The quantitative estimate of drug-likeness (QED) is 0.452. The first-order valence-corrected chi connectivity index (χ1v) is 10.4. The third-order valence-corrected chi connectivity index (χ3v) is 5.85. The molecule has 3 rings (SSSR count). The number of non-ortho nitro benzene ring substituents is 1. The van der Waals surface area contributed by atoms with Crippen molar-refractivity contribution in [3.8, 4) is 0 Å². The summed E-state index contributed by atoms with van der Waals surface area (Å²) >= 11 is 0. The monoisotopic (exact) mass is 425 g/mol.